The Bertz CT molecular complexity index is 384. The van der Waals surface area contributed by atoms with Crippen LogP contribution in [0.4, 0.5) is 0 Å². The Kier molecular flexibility index (Phi) is 2.62. The molecule has 0 heterocycles. The molecule has 0 radical (unpaired) electrons. The maximum atomic E-state index is 10.9. The zero-order valence-corrected chi connectivity index (χ0v) is 8.69. The first kappa shape index (κ1) is 10.0. The summed E-state index contributed by atoms with van der Waals surface area (Å²) >= 11 is 0. The first-order chi connectivity index (χ1) is 7.22. The fraction of sp³-hybridized carbons (Fsp3) is 0.417. The van der Waals surface area contributed by atoms with E-state index < -0.39 is 5.97 Å². The van der Waals surface area contributed by atoms with Gasteiger partial charge in [0.05, 0.1) is 13.0 Å². The van der Waals surface area contributed by atoms with Crippen LogP contribution in [-0.2, 0) is 17.6 Å². The lowest BCUT2D eigenvalue weighted by atomic mass is 9.83. The molecular weight excluding hydrogens is 192 g/mol. The fourth-order valence-corrected chi connectivity index (χ4v) is 2.17. The van der Waals surface area contributed by atoms with E-state index in [-0.39, 0.29) is 5.92 Å². The third kappa shape index (κ3) is 1.82. The largest absolute Gasteiger partial charge is 0.496 e. The van der Waals surface area contributed by atoms with Crippen molar-refractivity contribution in [3.05, 3.63) is 29.3 Å². The molecule has 0 aromatic heterocycles. The highest BCUT2D eigenvalue weighted by Crippen LogP contribution is 2.31. The number of rotatable bonds is 2. The van der Waals surface area contributed by atoms with Crippen LogP contribution in [0.15, 0.2) is 18.2 Å². The quantitative estimate of drug-likeness (QED) is 0.803. The van der Waals surface area contributed by atoms with Gasteiger partial charge in [0, 0.05) is 0 Å². The minimum atomic E-state index is -0.691. The number of fused-ring (bicyclic) bond motifs is 1. The molecule has 0 bridgehead atoms. The number of benzene rings is 1. The first-order valence-electron chi connectivity index (χ1n) is 5.10. The van der Waals surface area contributed by atoms with Crippen LogP contribution >= 0.6 is 0 Å². The topological polar surface area (TPSA) is 46.5 Å². The number of carboxylic acids is 1. The summed E-state index contributed by atoms with van der Waals surface area (Å²) in [6.07, 6.45) is 2.14. The Balaban J connectivity index is 2.31. The van der Waals surface area contributed by atoms with Crippen LogP contribution in [0.5, 0.6) is 5.75 Å². The predicted molar refractivity (Wildman–Crippen MR) is 56.1 cm³/mol. The maximum absolute atomic E-state index is 10.9. The molecule has 1 N–H and O–H groups in total. The van der Waals surface area contributed by atoms with Gasteiger partial charge in [0.2, 0.25) is 0 Å². The van der Waals surface area contributed by atoms with Crippen LogP contribution in [0.3, 0.4) is 0 Å². The second kappa shape index (κ2) is 3.93. The van der Waals surface area contributed by atoms with Gasteiger partial charge in [0.25, 0.3) is 0 Å². The normalized spacial score (nSPS) is 19.4. The van der Waals surface area contributed by atoms with E-state index in [2.05, 4.69) is 0 Å². The van der Waals surface area contributed by atoms with E-state index in [0.717, 1.165) is 17.7 Å². The summed E-state index contributed by atoms with van der Waals surface area (Å²) in [4.78, 5) is 10.9. The van der Waals surface area contributed by atoms with Gasteiger partial charge < -0.3 is 9.84 Å². The molecule has 0 saturated heterocycles. The van der Waals surface area contributed by atoms with Crippen LogP contribution in [0, 0.1) is 5.92 Å². The summed E-state index contributed by atoms with van der Waals surface area (Å²) in [5, 5.41) is 8.96. The summed E-state index contributed by atoms with van der Waals surface area (Å²) in [7, 11) is 1.65. The van der Waals surface area contributed by atoms with Gasteiger partial charge in [0.1, 0.15) is 5.75 Å². The van der Waals surface area contributed by atoms with Crippen molar-refractivity contribution in [3.8, 4) is 5.75 Å². The maximum Gasteiger partial charge on any atom is 0.306 e. The fourth-order valence-electron chi connectivity index (χ4n) is 2.17. The number of carboxylic acid groups (broad SMARTS) is 1. The Morgan fingerprint density at radius 1 is 1.53 bits per heavy atom. The van der Waals surface area contributed by atoms with Crippen LogP contribution < -0.4 is 4.74 Å². The van der Waals surface area contributed by atoms with Crippen molar-refractivity contribution in [3.63, 3.8) is 0 Å². The Morgan fingerprint density at radius 2 is 2.33 bits per heavy atom. The first-order valence-corrected chi connectivity index (χ1v) is 5.10. The van der Waals surface area contributed by atoms with Crippen molar-refractivity contribution in [2.45, 2.75) is 19.3 Å². The SMILES string of the molecule is COc1cccc2c1CCC(C(=O)O)C2. The van der Waals surface area contributed by atoms with Gasteiger partial charge in [-0.3, -0.25) is 4.79 Å². The van der Waals surface area contributed by atoms with Crippen LogP contribution in [0.1, 0.15) is 17.5 Å². The zero-order chi connectivity index (χ0) is 10.8. The van der Waals surface area contributed by atoms with Crippen molar-refractivity contribution in [1.82, 2.24) is 0 Å². The summed E-state index contributed by atoms with van der Waals surface area (Å²) in [5.74, 6) is -0.0376. The van der Waals surface area contributed by atoms with Crippen molar-refractivity contribution >= 4 is 5.97 Å². The molecule has 0 fully saturated rings. The Labute approximate surface area is 88.7 Å². The third-order valence-electron chi connectivity index (χ3n) is 3.01. The molecule has 1 aromatic carbocycles. The van der Waals surface area contributed by atoms with Gasteiger partial charge in [-0.05, 0) is 36.5 Å². The van der Waals surface area contributed by atoms with Crippen LogP contribution in [0.25, 0.3) is 0 Å². The number of hydrogen-bond donors (Lipinski definition) is 1. The molecule has 1 aromatic rings. The second-order valence-electron chi connectivity index (χ2n) is 3.88. The van der Waals surface area contributed by atoms with E-state index in [0.29, 0.717) is 12.8 Å². The third-order valence-corrected chi connectivity index (χ3v) is 3.01. The molecule has 1 atom stereocenters. The summed E-state index contributed by atoms with van der Waals surface area (Å²) in [6.45, 7) is 0. The molecule has 0 aliphatic heterocycles. The highest BCUT2D eigenvalue weighted by Gasteiger charge is 2.25. The van der Waals surface area contributed by atoms with Crippen molar-refractivity contribution < 1.29 is 14.6 Å². The number of ether oxygens (including phenoxy) is 1. The Morgan fingerprint density at radius 3 is 3.00 bits per heavy atom. The molecule has 0 amide bonds. The molecule has 2 rings (SSSR count). The van der Waals surface area contributed by atoms with Crippen LogP contribution in [0.2, 0.25) is 0 Å². The minimum Gasteiger partial charge on any atom is -0.496 e. The van der Waals surface area contributed by atoms with E-state index in [1.165, 1.54) is 5.56 Å². The molecule has 3 heteroatoms. The van der Waals surface area contributed by atoms with Crippen molar-refractivity contribution in [2.75, 3.05) is 7.11 Å². The lowest BCUT2D eigenvalue weighted by Crippen LogP contribution is -2.22. The second-order valence-corrected chi connectivity index (χ2v) is 3.88. The van der Waals surface area contributed by atoms with Crippen LogP contribution in [-0.4, -0.2) is 18.2 Å². The highest BCUT2D eigenvalue weighted by atomic mass is 16.5. The van der Waals surface area contributed by atoms with Gasteiger partial charge in [-0.15, -0.1) is 0 Å². The standard InChI is InChI=1S/C12H14O3/c1-15-11-4-2-3-8-7-9(12(13)14)5-6-10(8)11/h2-4,9H,5-7H2,1H3,(H,13,14). The van der Waals surface area contributed by atoms with E-state index in [9.17, 15) is 4.79 Å². The predicted octanol–water partition coefficient (Wildman–Crippen LogP) is 1.88. The molecular formula is C12H14O3. The van der Waals surface area contributed by atoms with Gasteiger partial charge in [-0.1, -0.05) is 12.1 Å². The highest BCUT2D eigenvalue weighted by molar-refractivity contribution is 5.71. The zero-order valence-electron chi connectivity index (χ0n) is 8.69. The van der Waals surface area contributed by atoms with Gasteiger partial charge in [0.15, 0.2) is 0 Å². The molecule has 0 saturated carbocycles. The molecule has 80 valence electrons. The van der Waals surface area contributed by atoms with E-state index in [1.54, 1.807) is 7.11 Å². The Hall–Kier alpha value is -1.51. The van der Waals surface area contributed by atoms with E-state index in [4.69, 9.17) is 9.84 Å². The lowest BCUT2D eigenvalue weighted by molar-refractivity contribution is -0.142. The molecule has 1 unspecified atom stereocenters. The monoisotopic (exact) mass is 206 g/mol. The number of methoxy groups -OCH3 is 1. The lowest BCUT2D eigenvalue weighted by Gasteiger charge is -2.23. The summed E-state index contributed by atoms with van der Waals surface area (Å²) in [5.41, 5.74) is 2.30. The molecule has 1 aliphatic carbocycles. The van der Waals surface area contributed by atoms with Gasteiger partial charge in [-0.25, -0.2) is 0 Å². The minimum absolute atomic E-state index is 0.232. The van der Waals surface area contributed by atoms with E-state index >= 15 is 0 Å². The van der Waals surface area contributed by atoms with Crippen molar-refractivity contribution in [2.24, 2.45) is 5.92 Å². The molecule has 0 spiro atoms. The number of hydrogen-bond acceptors (Lipinski definition) is 2. The van der Waals surface area contributed by atoms with Crippen molar-refractivity contribution in [1.29, 1.82) is 0 Å². The smallest absolute Gasteiger partial charge is 0.306 e. The summed E-state index contributed by atoms with van der Waals surface area (Å²) < 4.78 is 5.26. The molecule has 1 aliphatic rings. The number of aliphatic carboxylic acids is 1. The molecule has 3 nitrogen and oxygen atoms in total. The van der Waals surface area contributed by atoms with Gasteiger partial charge >= 0.3 is 5.97 Å². The average Bonchev–Trinajstić information content (AvgIpc) is 2.27. The van der Waals surface area contributed by atoms with E-state index in [1.807, 2.05) is 18.2 Å². The number of carbonyl (C=O) groups is 1. The summed E-state index contributed by atoms with van der Waals surface area (Å²) in [6, 6.07) is 5.84. The molecule has 15 heavy (non-hydrogen) atoms. The average molecular weight is 206 g/mol. The van der Waals surface area contributed by atoms with Gasteiger partial charge in [-0.2, -0.15) is 0 Å².